The van der Waals surface area contributed by atoms with Gasteiger partial charge in [0.25, 0.3) is 0 Å². The zero-order valence-corrected chi connectivity index (χ0v) is 13.0. The number of esters is 1. The van der Waals surface area contributed by atoms with E-state index in [1.807, 2.05) is 6.92 Å². The van der Waals surface area contributed by atoms with Crippen LogP contribution in [0.25, 0.3) is 0 Å². The van der Waals surface area contributed by atoms with Crippen LogP contribution in [0.15, 0.2) is 0 Å². The molecule has 106 valence electrons. The van der Waals surface area contributed by atoms with Gasteiger partial charge in [-0.1, -0.05) is 41.5 Å². The van der Waals surface area contributed by atoms with E-state index in [-0.39, 0.29) is 17.5 Å². The molecule has 0 spiro atoms. The van der Waals surface area contributed by atoms with Crippen LogP contribution in [0.5, 0.6) is 0 Å². The quantitative estimate of drug-likeness (QED) is 0.694. The summed E-state index contributed by atoms with van der Waals surface area (Å²) in [6.07, 6.45) is 4.03. The molecule has 0 aliphatic heterocycles. The molecule has 0 radical (unpaired) electrons. The van der Waals surface area contributed by atoms with Crippen LogP contribution >= 0.6 is 0 Å². The van der Waals surface area contributed by atoms with E-state index in [0.29, 0.717) is 18.3 Å². The van der Waals surface area contributed by atoms with Crippen LogP contribution in [0.2, 0.25) is 0 Å². The number of hydrogen-bond donors (Lipinski definition) is 0. The van der Waals surface area contributed by atoms with Crippen molar-refractivity contribution in [3.05, 3.63) is 0 Å². The minimum absolute atomic E-state index is 0.0425. The SMILES string of the molecule is CCC(=O)O[C@@H]1CC[C@H](C)C[C@@H]1C(C)(C)C(C)C. The summed E-state index contributed by atoms with van der Waals surface area (Å²) in [6.45, 7) is 13.4. The lowest BCUT2D eigenvalue weighted by Gasteiger charge is -2.46. The zero-order valence-electron chi connectivity index (χ0n) is 13.0. The Morgan fingerprint density at radius 1 is 1.33 bits per heavy atom. The van der Waals surface area contributed by atoms with Crippen molar-refractivity contribution in [1.82, 2.24) is 0 Å². The van der Waals surface area contributed by atoms with Gasteiger partial charge in [0, 0.05) is 12.3 Å². The maximum absolute atomic E-state index is 11.6. The van der Waals surface area contributed by atoms with Crippen molar-refractivity contribution >= 4 is 5.97 Å². The Morgan fingerprint density at radius 3 is 2.44 bits per heavy atom. The molecular weight excluding hydrogens is 224 g/mol. The Kier molecular flexibility index (Phi) is 5.24. The van der Waals surface area contributed by atoms with Crippen molar-refractivity contribution in [1.29, 1.82) is 0 Å². The standard InChI is InChI=1S/C16H30O2/c1-7-15(17)18-14-9-8-12(4)10-13(14)16(5,6)11(2)3/h11-14H,7-10H2,1-6H3/t12-,13-,14+/m0/s1. The highest BCUT2D eigenvalue weighted by Crippen LogP contribution is 2.46. The molecule has 1 saturated carbocycles. The van der Waals surface area contributed by atoms with Crippen molar-refractivity contribution in [2.75, 3.05) is 0 Å². The van der Waals surface area contributed by atoms with Crippen LogP contribution in [0.3, 0.4) is 0 Å². The highest BCUT2D eigenvalue weighted by Gasteiger charge is 2.42. The zero-order chi connectivity index (χ0) is 13.9. The molecular formula is C16H30O2. The maximum atomic E-state index is 11.6. The maximum Gasteiger partial charge on any atom is 0.305 e. The summed E-state index contributed by atoms with van der Waals surface area (Å²) in [4.78, 5) is 11.6. The van der Waals surface area contributed by atoms with Gasteiger partial charge in [0.15, 0.2) is 0 Å². The molecule has 0 N–H and O–H groups in total. The van der Waals surface area contributed by atoms with Crippen molar-refractivity contribution in [3.63, 3.8) is 0 Å². The van der Waals surface area contributed by atoms with E-state index in [2.05, 4.69) is 34.6 Å². The van der Waals surface area contributed by atoms with Crippen LogP contribution < -0.4 is 0 Å². The highest BCUT2D eigenvalue weighted by atomic mass is 16.5. The van der Waals surface area contributed by atoms with Gasteiger partial charge in [-0.3, -0.25) is 4.79 Å². The molecule has 0 saturated heterocycles. The molecule has 1 aliphatic rings. The smallest absolute Gasteiger partial charge is 0.305 e. The minimum Gasteiger partial charge on any atom is -0.462 e. The molecule has 0 heterocycles. The van der Waals surface area contributed by atoms with E-state index >= 15 is 0 Å². The number of ether oxygens (including phenoxy) is 1. The summed E-state index contributed by atoms with van der Waals surface area (Å²) in [7, 11) is 0. The van der Waals surface area contributed by atoms with E-state index in [1.54, 1.807) is 0 Å². The number of carbonyl (C=O) groups is 1. The van der Waals surface area contributed by atoms with Gasteiger partial charge in [-0.05, 0) is 36.5 Å². The molecule has 0 aromatic heterocycles. The normalized spacial score (nSPS) is 29.4. The third kappa shape index (κ3) is 3.49. The van der Waals surface area contributed by atoms with Crippen molar-refractivity contribution < 1.29 is 9.53 Å². The Balaban J connectivity index is 2.83. The Labute approximate surface area is 112 Å². The average molecular weight is 254 g/mol. The fourth-order valence-electron chi connectivity index (χ4n) is 2.96. The Morgan fingerprint density at radius 2 is 1.94 bits per heavy atom. The predicted octanol–water partition coefficient (Wildman–Crippen LogP) is 4.43. The minimum atomic E-state index is -0.0425. The van der Waals surface area contributed by atoms with E-state index in [4.69, 9.17) is 4.74 Å². The lowest BCUT2D eigenvalue weighted by atomic mass is 9.62. The second-order valence-corrected chi connectivity index (χ2v) is 6.88. The van der Waals surface area contributed by atoms with Crippen molar-refractivity contribution in [2.45, 2.75) is 73.3 Å². The van der Waals surface area contributed by atoms with E-state index in [0.717, 1.165) is 12.3 Å². The molecule has 0 aromatic rings. The molecule has 1 aliphatic carbocycles. The molecule has 0 aromatic carbocycles. The number of carbonyl (C=O) groups excluding carboxylic acids is 1. The highest BCUT2D eigenvalue weighted by molar-refractivity contribution is 5.69. The summed E-state index contributed by atoms with van der Waals surface area (Å²) < 4.78 is 5.70. The Bertz CT molecular complexity index is 281. The van der Waals surface area contributed by atoms with Gasteiger partial charge < -0.3 is 4.74 Å². The fourth-order valence-corrected chi connectivity index (χ4v) is 2.96. The van der Waals surface area contributed by atoms with Crippen LogP contribution in [-0.2, 0) is 9.53 Å². The van der Waals surface area contributed by atoms with E-state index < -0.39 is 0 Å². The van der Waals surface area contributed by atoms with Gasteiger partial charge in [-0.25, -0.2) is 0 Å². The van der Waals surface area contributed by atoms with E-state index in [1.165, 1.54) is 12.8 Å². The average Bonchev–Trinajstić information content (AvgIpc) is 2.30. The van der Waals surface area contributed by atoms with Gasteiger partial charge in [0.1, 0.15) is 6.10 Å². The third-order valence-corrected chi connectivity index (χ3v) is 5.06. The van der Waals surface area contributed by atoms with Crippen LogP contribution in [0, 0.1) is 23.2 Å². The number of rotatable bonds is 4. The van der Waals surface area contributed by atoms with Crippen LogP contribution in [0.4, 0.5) is 0 Å². The van der Waals surface area contributed by atoms with Gasteiger partial charge in [0.2, 0.25) is 0 Å². The first kappa shape index (κ1) is 15.5. The molecule has 0 unspecified atom stereocenters. The van der Waals surface area contributed by atoms with Gasteiger partial charge in [-0.2, -0.15) is 0 Å². The van der Waals surface area contributed by atoms with Crippen molar-refractivity contribution in [2.24, 2.45) is 23.2 Å². The summed E-state index contributed by atoms with van der Waals surface area (Å²) in [5, 5.41) is 0. The topological polar surface area (TPSA) is 26.3 Å². The lowest BCUT2D eigenvalue weighted by Crippen LogP contribution is -2.43. The molecule has 1 fully saturated rings. The summed E-state index contributed by atoms with van der Waals surface area (Å²) >= 11 is 0. The molecule has 1 rings (SSSR count). The first-order valence-electron chi connectivity index (χ1n) is 7.48. The largest absolute Gasteiger partial charge is 0.462 e. The lowest BCUT2D eigenvalue weighted by molar-refractivity contribution is -0.159. The number of hydrogen-bond acceptors (Lipinski definition) is 2. The molecule has 2 heteroatoms. The van der Waals surface area contributed by atoms with Crippen LogP contribution in [-0.4, -0.2) is 12.1 Å². The molecule has 18 heavy (non-hydrogen) atoms. The molecule has 3 atom stereocenters. The van der Waals surface area contributed by atoms with Gasteiger partial charge >= 0.3 is 5.97 Å². The van der Waals surface area contributed by atoms with Gasteiger partial charge in [0.05, 0.1) is 0 Å². The van der Waals surface area contributed by atoms with Gasteiger partial charge in [-0.15, -0.1) is 0 Å². The molecule has 0 amide bonds. The fraction of sp³-hybridized carbons (Fsp3) is 0.938. The second-order valence-electron chi connectivity index (χ2n) is 6.88. The predicted molar refractivity (Wildman–Crippen MR) is 75.3 cm³/mol. The van der Waals surface area contributed by atoms with Crippen molar-refractivity contribution in [3.8, 4) is 0 Å². The van der Waals surface area contributed by atoms with E-state index in [9.17, 15) is 4.79 Å². The molecule has 0 bridgehead atoms. The summed E-state index contributed by atoms with van der Waals surface area (Å²) in [5.41, 5.74) is 0.230. The monoisotopic (exact) mass is 254 g/mol. The summed E-state index contributed by atoms with van der Waals surface area (Å²) in [6, 6.07) is 0. The summed E-state index contributed by atoms with van der Waals surface area (Å²) in [5.74, 6) is 1.82. The molecule has 2 nitrogen and oxygen atoms in total. The first-order valence-corrected chi connectivity index (χ1v) is 7.48. The third-order valence-electron chi connectivity index (χ3n) is 5.06. The Hall–Kier alpha value is -0.530. The second kappa shape index (κ2) is 6.08. The van der Waals surface area contributed by atoms with Crippen LogP contribution in [0.1, 0.15) is 67.2 Å². The first-order chi connectivity index (χ1) is 8.28.